The Morgan fingerprint density at radius 1 is 1.13 bits per heavy atom. The highest BCUT2D eigenvalue weighted by atomic mass is 14.6. The van der Waals surface area contributed by atoms with Crippen molar-refractivity contribution >= 4 is 5.69 Å². The molecular formula is C12H9N3. The Hall–Kier alpha value is -2.34. The van der Waals surface area contributed by atoms with E-state index in [9.17, 15) is 0 Å². The highest BCUT2D eigenvalue weighted by molar-refractivity contribution is 5.67. The third-order valence-electron chi connectivity index (χ3n) is 2.09. The zero-order valence-electron chi connectivity index (χ0n) is 8.01. The number of hydrogen-bond donors (Lipinski definition) is 1. The van der Waals surface area contributed by atoms with Gasteiger partial charge in [-0.1, -0.05) is 12.1 Å². The summed E-state index contributed by atoms with van der Waals surface area (Å²) >= 11 is 0. The van der Waals surface area contributed by atoms with Crippen LogP contribution >= 0.6 is 0 Å². The Balaban J connectivity index is 2.50. The number of nitriles is 1. The number of rotatable bonds is 1. The van der Waals surface area contributed by atoms with Crippen molar-refractivity contribution in [2.45, 2.75) is 0 Å². The predicted octanol–water partition coefficient (Wildman–Crippen LogP) is 2.20. The van der Waals surface area contributed by atoms with Gasteiger partial charge in [0, 0.05) is 23.6 Å². The third-order valence-corrected chi connectivity index (χ3v) is 2.09. The van der Waals surface area contributed by atoms with Gasteiger partial charge in [0.15, 0.2) is 0 Å². The molecule has 0 unspecified atom stereocenters. The molecule has 72 valence electrons. The monoisotopic (exact) mass is 195 g/mol. The van der Waals surface area contributed by atoms with E-state index < -0.39 is 0 Å². The molecular weight excluding hydrogens is 186 g/mol. The van der Waals surface area contributed by atoms with Gasteiger partial charge in [0.1, 0.15) is 6.07 Å². The Kier molecular flexibility index (Phi) is 2.34. The minimum Gasteiger partial charge on any atom is -0.399 e. The fourth-order valence-electron chi connectivity index (χ4n) is 1.38. The van der Waals surface area contributed by atoms with Crippen LogP contribution in [-0.4, -0.2) is 4.98 Å². The summed E-state index contributed by atoms with van der Waals surface area (Å²) in [7, 11) is 0. The van der Waals surface area contributed by atoms with Gasteiger partial charge in [0.2, 0.25) is 0 Å². The fourth-order valence-corrected chi connectivity index (χ4v) is 1.38. The van der Waals surface area contributed by atoms with E-state index in [-0.39, 0.29) is 0 Å². The maximum Gasteiger partial charge on any atom is 0.101 e. The summed E-state index contributed by atoms with van der Waals surface area (Å²) in [4.78, 5) is 4.00. The molecule has 0 radical (unpaired) electrons. The quantitative estimate of drug-likeness (QED) is 0.709. The molecule has 1 aromatic heterocycles. The zero-order chi connectivity index (χ0) is 10.7. The van der Waals surface area contributed by atoms with Crippen LogP contribution in [0.15, 0.2) is 42.7 Å². The maximum absolute atomic E-state index is 8.75. The van der Waals surface area contributed by atoms with Gasteiger partial charge in [-0.25, -0.2) is 0 Å². The van der Waals surface area contributed by atoms with Gasteiger partial charge in [-0.2, -0.15) is 5.26 Å². The second-order valence-corrected chi connectivity index (χ2v) is 3.20. The number of pyridine rings is 1. The average molecular weight is 195 g/mol. The van der Waals surface area contributed by atoms with Crippen molar-refractivity contribution in [3.63, 3.8) is 0 Å². The standard InChI is InChI=1S/C12H9N3/c13-6-9-4-11(8-15-7-9)10-2-1-3-12(14)5-10/h1-5,7-8H,14H2. The molecule has 0 spiro atoms. The van der Waals surface area contributed by atoms with Crippen LogP contribution in [0.5, 0.6) is 0 Å². The third kappa shape index (κ3) is 1.94. The summed E-state index contributed by atoms with van der Waals surface area (Å²) in [6, 6.07) is 11.4. The lowest BCUT2D eigenvalue weighted by Gasteiger charge is -2.02. The lowest BCUT2D eigenvalue weighted by Crippen LogP contribution is -1.86. The van der Waals surface area contributed by atoms with E-state index in [1.165, 1.54) is 6.20 Å². The number of nitrogens with two attached hydrogens (primary N) is 1. The van der Waals surface area contributed by atoms with Crippen LogP contribution in [0.4, 0.5) is 5.69 Å². The molecule has 0 aliphatic rings. The van der Waals surface area contributed by atoms with Gasteiger partial charge >= 0.3 is 0 Å². The minimum absolute atomic E-state index is 0.551. The molecule has 15 heavy (non-hydrogen) atoms. The summed E-state index contributed by atoms with van der Waals surface area (Å²) in [5.74, 6) is 0. The molecule has 1 aromatic carbocycles. The van der Waals surface area contributed by atoms with Crippen molar-refractivity contribution < 1.29 is 0 Å². The van der Waals surface area contributed by atoms with Crippen molar-refractivity contribution in [1.29, 1.82) is 5.26 Å². The van der Waals surface area contributed by atoms with E-state index in [1.807, 2.05) is 24.3 Å². The van der Waals surface area contributed by atoms with Crippen molar-refractivity contribution in [3.05, 3.63) is 48.3 Å². The van der Waals surface area contributed by atoms with Gasteiger partial charge in [0.05, 0.1) is 5.56 Å². The van der Waals surface area contributed by atoms with E-state index >= 15 is 0 Å². The summed E-state index contributed by atoms with van der Waals surface area (Å²) in [6.45, 7) is 0. The van der Waals surface area contributed by atoms with Crippen LogP contribution in [0.3, 0.4) is 0 Å². The van der Waals surface area contributed by atoms with Crippen LogP contribution in [0.25, 0.3) is 11.1 Å². The SMILES string of the molecule is N#Cc1cncc(-c2cccc(N)c2)c1. The minimum atomic E-state index is 0.551. The molecule has 0 aliphatic heterocycles. The zero-order valence-corrected chi connectivity index (χ0v) is 8.01. The van der Waals surface area contributed by atoms with Crippen molar-refractivity contribution in [2.75, 3.05) is 5.73 Å². The van der Waals surface area contributed by atoms with Gasteiger partial charge in [0.25, 0.3) is 0 Å². The Morgan fingerprint density at radius 3 is 2.73 bits per heavy atom. The number of hydrogen-bond acceptors (Lipinski definition) is 3. The number of anilines is 1. The molecule has 0 aliphatic carbocycles. The number of nitrogen functional groups attached to an aromatic ring is 1. The summed E-state index contributed by atoms with van der Waals surface area (Å²) in [5, 5.41) is 8.75. The first-order valence-electron chi connectivity index (χ1n) is 4.50. The van der Waals surface area contributed by atoms with Crippen LogP contribution in [0.2, 0.25) is 0 Å². The summed E-state index contributed by atoms with van der Waals surface area (Å²) < 4.78 is 0. The first-order chi connectivity index (χ1) is 7.29. The Morgan fingerprint density at radius 2 is 2.00 bits per heavy atom. The predicted molar refractivity (Wildman–Crippen MR) is 58.8 cm³/mol. The van der Waals surface area contributed by atoms with Gasteiger partial charge in [-0.3, -0.25) is 4.98 Å². The second kappa shape index (κ2) is 3.81. The molecule has 0 saturated carbocycles. The smallest absolute Gasteiger partial charge is 0.101 e. The van der Waals surface area contributed by atoms with Crippen molar-refractivity contribution in [1.82, 2.24) is 4.98 Å². The normalized spacial score (nSPS) is 9.53. The molecule has 0 amide bonds. The first-order valence-corrected chi connectivity index (χ1v) is 4.50. The number of aromatic nitrogens is 1. The Labute approximate surface area is 87.8 Å². The van der Waals surface area contributed by atoms with Crippen LogP contribution in [0.1, 0.15) is 5.56 Å². The summed E-state index contributed by atoms with van der Waals surface area (Å²) in [6.07, 6.45) is 3.26. The van der Waals surface area contributed by atoms with Crippen LogP contribution in [0, 0.1) is 11.3 Å². The largest absolute Gasteiger partial charge is 0.399 e. The molecule has 0 bridgehead atoms. The molecule has 1 heterocycles. The number of benzene rings is 1. The number of nitrogens with zero attached hydrogens (tertiary/aromatic N) is 2. The molecule has 0 fully saturated rings. The van der Waals surface area contributed by atoms with Crippen LogP contribution in [-0.2, 0) is 0 Å². The molecule has 0 atom stereocenters. The highest BCUT2D eigenvalue weighted by Crippen LogP contribution is 2.21. The van der Waals surface area contributed by atoms with E-state index in [0.29, 0.717) is 11.3 Å². The van der Waals surface area contributed by atoms with E-state index in [2.05, 4.69) is 11.1 Å². The van der Waals surface area contributed by atoms with Crippen molar-refractivity contribution in [3.8, 4) is 17.2 Å². The van der Waals surface area contributed by atoms with E-state index in [4.69, 9.17) is 11.0 Å². The van der Waals surface area contributed by atoms with Gasteiger partial charge in [-0.05, 0) is 23.8 Å². The first kappa shape index (κ1) is 9.22. The van der Waals surface area contributed by atoms with Crippen LogP contribution < -0.4 is 5.73 Å². The lowest BCUT2D eigenvalue weighted by molar-refractivity contribution is 1.30. The maximum atomic E-state index is 8.75. The molecule has 3 nitrogen and oxygen atoms in total. The summed E-state index contributed by atoms with van der Waals surface area (Å²) in [5.41, 5.74) is 8.81. The van der Waals surface area contributed by atoms with E-state index in [1.54, 1.807) is 12.3 Å². The molecule has 2 N–H and O–H groups in total. The lowest BCUT2D eigenvalue weighted by atomic mass is 10.1. The molecule has 2 rings (SSSR count). The highest BCUT2D eigenvalue weighted by Gasteiger charge is 1.99. The molecule has 2 aromatic rings. The topological polar surface area (TPSA) is 62.7 Å². The average Bonchev–Trinajstić information content (AvgIpc) is 2.29. The Bertz CT molecular complexity index is 526. The van der Waals surface area contributed by atoms with Gasteiger partial charge < -0.3 is 5.73 Å². The van der Waals surface area contributed by atoms with Gasteiger partial charge in [-0.15, -0.1) is 0 Å². The molecule has 0 saturated heterocycles. The fraction of sp³-hybridized carbons (Fsp3) is 0. The molecule has 3 heteroatoms. The van der Waals surface area contributed by atoms with Crippen molar-refractivity contribution in [2.24, 2.45) is 0 Å². The van der Waals surface area contributed by atoms with E-state index in [0.717, 1.165) is 11.1 Å². The second-order valence-electron chi connectivity index (χ2n) is 3.20.